The smallest absolute Gasteiger partial charge is 0.396 e. The number of aliphatic hydroxyl groups excluding tert-OH is 1. The van der Waals surface area contributed by atoms with Crippen LogP contribution >= 0.6 is 0 Å². The Balaban J connectivity index is 2.40. The summed E-state index contributed by atoms with van der Waals surface area (Å²) in [6.07, 6.45) is -0.383. The minimum atomic E-state index is -4.41. The second kappa shape index (κ2) is 6.48. The van der Waals surface area contributed by atoms with Gasteiger partial charge in [-0.05, 0) is 36.5 Å². The van der Waals surface area contributed by atoms with Crippen LogP contribution in [0.5, 0.6) is 0 Å². The molecular weight excluding hydrogens is 295 g/mol. The summed E-state index contributed by atoms with van der Waals surface area (Å²) in [5, 5.41) is 13.3. The van der Waals surface area contributed by atoms with Gasteiger partial charge in [-0.1, -0.05) is 13.8 Å². The van der Waals surface area contributed by atoms with Crippen molar-refractivity contribution in [1.82, 2.24) is 14.8 Å². The van der Waals surface area contributed by atoms with Crippen LogP contribution in [0.1, 0.15) is 43.0 Å². The second-order valence-electron chi connectivity index (χ2n) is 5.37. The predicted octanol–water partition coefficient (Wildman–Crippen LogP) is 3.33. The molecule has 0 bridgehead atoms. The topological polar surface area (TPSA) is 50.9 Å². The molecule has 0 amide bonds. The molecule has 2 aromatic heterocycles. The Bertz CT molecular complexity index is 635. The van der Waals surface area contributed by atoms with Gasteiger partial charge in [0.1, 0.15) is 0 Å². The number of hydrogen-bond acceptors (Lipinski definition) is 3. The zero-order valence-electron chi connectivity index (χ0n) is 12.4. The minimum absolute atomic E-state index is 0.0600. The Morgan fingerprint density at radius 1 is 1.32 bits per heavy atom. The molecule has 1 N–H and O–H groups in total. The van der Waals surface area contributed by atoms with Gasteiger partial charge in [0.15, 0.2) is 5.82 Å². The zero-order chi connectivity index (χ0) is 16.3. The summed E-state index contributed by atoms with van der Waals surface area (Å²) in [4.78, 5) is 3.97. The molecule has 0 saturated heterocycles. The summed E-state index contributed by atoms with van der Waals surface area (Å²) < 4.78 is 39.7. The van der Waals surface area contributed by atoms with Gasteiger partial charge < -0.3 is 5.11 Å². The zero-order valence-corrected chi connectivity index (χ0v) is 12.4. The average Bonchev–Trinajstić information content (AvgIpc) is 2.88. The van der Waals surface area contributed by atoms with E-state index >= 15 is 0 Å². The molecule has 0 saturated carbocycles. The van der Waals surface area contributed by atoms with E-state index in [0.717, 1.165) is 29.6 Å². The SMILES string of the molecule is CC(C)c1nn(-c2cc(C(F)(F)F)ccn2)cc1CCCO. The number of aryl methyl sites for hydroxylation is 1. The van der Waals surface area contributed by atoms with Gasteiger partial charge in [0, 0.05) is 19.0 Å². The Morgan fingerprint density at radius 2 is 2.05 bits per heavy atom. The van der Waals surface area contributed by atoms with Gasteiger partial charge >= 0.3 is 6.18 Å². The van der Waals surface area contributed by atoms with Gasteiger partial charge in [-0.25, -0.2) is 9.67 Å². The van der Waals surface area contributed by atoms with E-state index in [9.17, 15) is 13.2 Å². The Kier molecular flexibility index (Phi) is 4.85. The fourth-order valence-corrected chi connectivity index (χ4v) is 2.21. The molecule has 2 aromatic rings. The fraction of sp³-hybridized carbons (Fsp3) is 0.467. The van der Waals surface area contributed by atoms with Crippen molar-refractivity contribution in [3.05, 3.63) is 41.3 Å². The highest BCUT2D eigenvalue weighted by Gasteiger charge is 2.31. The Morgan fingerprint density at radius 3 is 2.64 bits per heavy atom. The first kappa shape index (κ1) is 16.5. The number of rotatable bonds is 5. The molecule has 0 unspecified atom stereocenters. The maximum absolute atomic E-state index is 12.8. The van der Waals surface area contributed by atoms with Crippen LogP contribution < -0.4 is 0 Å². The number of aliphatic hydroxyl groups is 1. The number of nitrogens with zero attached hydrogens (tertiary/aromatic N) is 3. The van der Waals surface area contributed by atoms with Gasteiger partial charge in [0.2, 0.25) is 0 Å². The van der Waals surface area contributed by atoms with E-state index in [4.69, 9.17) is 5.11 Å². The van der Waals surface area contributed by atoms with Gasteiger partial charge in [0.05, 0.1) is 11.3 Å². The highest BCUT2D eigenvalue weighted by atomic mass is 19.4. The first-order chi connectivity index (χ1) is 10.3. The average molecular weight is 313 g/mol. The molecule has 0 radical (unpaired) electrons. The van der Waals surface area contributed by atoms with E-state index in [1.165, 1.54) is 4.68 Å². The normalized spacial score (nSPS) is 12.1. The van der Waals surface area contributed by atoms with Crippen LogP contribution in [0, 0.1) is 0 Å². The third-order valence-corrected chi connectivity index (χ3v) is 3.28. The van der Waals surface area contributed by atoms with Crippen LogP contribution in [0.25, 0.3) is 5.82 Å². The van der Waals surface area contributed by atoms with Crippen molar-refractivity contribution < 1.29 is 18.3 Å². The van der Waals surface area contributed by atoms with Crippen LogP contribution in [0.3, 0.4) is 0 Å². The molecule has 4 nitrogen and oxygen atoms in total. The van der Waals surface area contributed by atoms with Crippen molar-refractivity contribution in [2.24, 2.45) is 0 Å². The van der Waals surface area contributed by atoms with Crippen LogP contribution in [-0.2, 0) is 12.6 Å². The third-order valence-electron chi connectivity index (χ3n) is 3.28. The van der Waals surface area contributed by atoms with E-state index in [2.05, 4.69) is 10.1 Å². The van der Waals surface area contributed by atoms with Crippen molar-refractivity contribution >= 4 is 0 Å². The van der Waals surface area contributed by atoms with Crippen molar-refractivity contribution in [3.63, 3.8) is 0 Å². The molecule has 0 aliphatic heterocycles. The Hall–Kier alpha value is -1.89. The Labute approximate surface area is 126 Å². The molecule has 0 fully saturated rings. The van der Waals surface area contributed by atoms with Crippen molar-refractivity contribution in [3.8, 4) is 5.82 Å². The summed E-state index contributed by atoms with van der Waals surface area (Å²) >= 11 is 0. The number of pyridine rings is 1. The maximum atomic E-state index is 12.8. The van der Waals surface area contributed by atoms with Crippen LogP contribution in [-0.4, -0.2) is 26.5 Å². The summed E-state index contributed by atoms with van der Waals surface area (Å²) in [5.74, 6) is 0.271. The lowest BCUT2D eigenvalue weighted by Gasteiger charge is -2.07. The molecule has 0 aliphatic carbocycles. The molecule has 7 heteroatoms. The lowest BCUT2D eigenvalue weighted by Crippen LogP contribution is -2.07. The summed E-state index contributed by atoms with van der Waals surface area (Å²) in [5.41, 5.74) is 0.979. The van der Waals surface area contributed by atoms with E-state index in [1.54, 1.807) is 6.20 Å². The van der Waals surface area contributed by atoms with Gasteiger partial charge in [-0.3, -0.25) is 0 Å². The van der Waals surface area contributed by atoms with E-state index in [0.29, 0.717) is 12.8 Å². The summed E-state index contributed by atoms with van der Waals surface area (Å²) in [6, 6.07) is 1.91. The summed E-state index contributed by atoms with van der Waals surface area (Å²) in [7, 11) is 0. The third kappa shape index (κ3) is 3.65. The molecule has 22 heavy (non-hydrogen) atoms. The van der Waals surface area contributed by atoms with Crippen LogP contribution in [0.2, 0.25) is 0 Å². The van der Waals surface area contributed by atoms with E-state index < -0.39 is 11.7 Å². The quantitative estimate of drug-likeness (QED) is 0.921. The lowest BCUT2D eigenvalue weighted by molar-refractivity contribution is -0.137. The van der Waals surface area contributed by atoms with Crippen LogP contribution in [0.4, 0.5) is 13.2 Å². The molecular formula is C15H18F3N3O. The van der Waals surface area contributed by atoms with Crippen LogP contribution in [0.15, 0.2) is 24.5 Å². The maximum Gasteiger partial charge on any atom is 0.416 e. The highest BCUT2D eigenvalue weighted by Crippen LogP contribution is 2.30. The minimum Gasteiger partial charge on any atom is -0.396 e. The molecule has 120 valence electrons. The lowest BCUT2D eigenvalue weighted by atomic mass is 10.0. The van der Waals surface area contributed by atoms with Gasteiger partial charge in [-0.2, -0.15) is 18.3 Å². The summed E-state index contributed by atoms with van der Waals surface area (Å²) in [6.45, 7) is 3.99. The number of aromatic nitrogens is 3. The molecule has 2 rings (SSSR count). The molecule has 0 aliphatic rings. The van der Waals surface area contributed by atoms with E-state index in [-0.39, 0.29) is 18.3 Å². The van der Waals surface area contributed by atoms with Crippen molar-refractivity contribution in [1.29, 1.82) is 0 Å². The largest absolute Gasteiger partial charge is 0.416 e. The first-order valence-electron chi connectivity index (χ1n) is 7.06. The highest BCUT2D eigenvalue weighted by molar-refractivity contribution is 5.32. The number of hydrogen-bond donors (Lipinski definition) is 1. The fourth-order valence-electron chi connectivity index (χ4n) is 2.21. The van der Waals surface area contributed by atoms with E-state index in [1.807, 2.05) is 13.8 Å². The monoisotopic (exact) mass is 313 g/mol. The molecule has 2 heterocycles. The predicted molar refractivity (Wildman–Crippen MR) is 75.9 cm³/mol. The van der Waals surface area contributed by atoms with Gasteiger partial charge in [-0.15, -0.1) is 0 Å². The standard InChI is InChI=1S/C15H18F3N3O/c1-10(2)14-11(4-3-7-22)9-21(20-14)13-8-12(5-6-19-13)15(16,17)18/h5-6,8-10,22H,3-4,7H2,1-2H3. The first-order valence-corrected chi connectivity index (χ1v) is 7.06. The number of halogens is 3. The molecule has 0 atom stereocenters. The van der Waals surface area contributed by atoms with Gasteiger partial charge in [0.25, 0.3) is 0 Å². The molecule has 0 aromatic carbocycles. The second-order valence-corrected chi connectivity index (χ2v) is 5.37. The van der Waals surface area contributed by atoms with Crippen molar-refractivity contribution in [2.75, 3.05) is 6.61 Å². The molecule has 0 spiro atoms. The van der Waals surface area contributed by atoms with Crippen molar-refractivity contribution in [2.45, 2.75) is 38.8 Å². The number of alkyl halides is 3.